The van der Waals surface area contributed by atoms with Gasteiger partial charge < -0.3 is 10.4 Å². The van der Waals surface area contributed by atoms with Crippen molar-refractivity contribution in [3.05, 3.63) is 16.0 Å². The van der Waals surface area contributed by atoms with Crippen molar-refractivity contribution in [2.45, 2.75) is 6.92 Å². The number of aliphatic carboxylic acids is 1. The van der Waals surface area contributed by atoms with Crippen LogP contribution in [0.3, 0.4) is 0 Å². The highest BCUT2D eigenvalue weighted by molar-refractivity contribution is 9.10. The minimum Gasteiger partial charge on any atom is -0.477 e. The van der Waals surface area contributed by atoms with Crippen LogP contribution >= 0.6 is 15.9 Å². The van der Waals surface area contributed by atoms with E-state index in [-0.39, 0.29) is 5.70 Å². The Labute approximate surface area is 99.3 Å². The average molecular weight is 289 g/mol. The molecule has 1 heterocycles. The van der Waals surface area contributed by atoms with Gasteiger partial charge in [0.2, 0.25) is 5.91 Å². The van der Waals surface area contributed by atoms with Crippen LogP contribution in [-0.2, 0) is 16.6 Å². The van der Waals surface area contributed by atoms with Crippen LogP contribution < -0.4 is 5.32 Å². The summed E-state index contributed by atoms with van der Waals surface area (Å²) in [6.45, 7) is 1.23. The minimum atomic E-state index is -1.23. The second kappa shape index (κ2) is 4.88. The molecule has 1 amide bonds. The third-order valence-corrected chi connectivity index (χ3v) is 2.21. The van der Waals surface area contributed by atoms with Crippen LogP contribution in [0, 0.1) is 0 Å². The number of nitrogens with one attached hydrogen (secondary N) is 1. The van der Waals surface area contributed by atoms with Gasteiger partial charge in [-0.05, 0) is 22.0 Å². The minimum absolute atomic E-state index is 0.237. The van der Waals surface area contributed by atoms with Crippen molar-refractivity contribution in [1.82, 2.24) is 20.3 Å². The zero-order valence-electron chi connectivity index (χ0n) is 8.56. The molecule has 0 aliphatic carbocycles. The maximum absolute atomic E-state index is 10.8. The molecule has 0 bridgehead atoms. The van der Waals surface area contributed by atoms with Gasteiger partial charge in [0.1, 0.15) is 5.70 Å². The van der Waals surface area contributed by atoms with E-state index in [4.69, 9.17) is 5.11 Å². The lowest BCUT2D eigenvalue weighted by molar-refractivity contribution is -0.134. The van der Waals surface area contributed by atoms with Crippen LogP contribution in [0.5, 0.6) is 0 Å². The van der Waals surface area contributed by atoms with Crippen molar-refractivity contribution in [2.24, 2.45) is 7.05 Å². The lowest BCUT2D eigenvalue weighted by atomic mass is 10.3. The van der Waals surface area contributed by atoms with E-state index >= 15 is 0 Å². The molecule has 0 unspecified atom stereocenters. The second-order valence-corrected chi connectivity index (χ2v) is 3.68. The summed E-state index contributed by atoms with van der Waals surface area (Å²) in [5.41, 5.74) is 0.213. The average Bonchev–Trinajstić information content (AvgIpc) is 2.47. The van der Waals surface area contributed by atoms with Crippen molar-refractivity contribution in [2.75, 3.05) is 0 Å². The van der Waals surface area contributed by atoms with Crippen molar-refractivity contribution in [3.8, 4) is 0 Å². The molecule has 0 fully saturated rings. The van der Waals surface area contributed by atoms with Gasteiger partial charge in [-0.2, -0.15) is 0 Å². The molecule has 2 N–H and O–H groups in total. The molecule has 0 aliphatic heterocycles. The van der Waals surface area contributed by atoms with E-state index in [2.05, 4.69) is 31.6 Å². The highest BCUT2D eigenvalue weighted by Gasteiger charge is 2.12. The molecule has 16 heavy (non-hydrogen) atoms. The molecule has 0 spiro atoms. The zero-order valence-corrected chi connectivity index (χ0v) is 10.1. The molecule has 0 atom stereocenters. The zero-order chi connectivity index (χ0) is 12.3. The van der Waals surface area contributed by atoms with Crippen molar-refractivity contribution in [3.63, 3.8) is 0 Å². The van der Waals surface area contributed by atoms with E-state index in [0.29, 0.717) is 10.3 Å². The van der Waals surface area contributed by atoms with E-state index in [1.807, 2.05) is 0 Å². The number of aromatic nitrogens is 3. The molecule has 0 radical (unpaired) electrons. The third kappa shape index (κ3) is 2.89. The number of halogens is 1. The van der Waals surface area contributed by atoms with Gasteiger partial charge in [-0.1, -0.05) is 5.21 Å². The van der Waals surface area contributed by atoms with Gasteiger partial charge in [0.25, 0.3) is 0 Å². The van der Waals surface area contributed by atoms with Crippen molar-refractivity contribution >= 4 is 33.9 Å². The predicted molar refractivity (Wildman–Crippen MR) is 58.1 cm³/mol. The highest BCUT2D eigenvalue weighted by atomic mass is 79.9. The molecular weight excluding hydrogens is 280 g/mol. The molecule has 1 aromatic heterocycles. The van der Waals surface area contributed by atoms with Crippen molar-refractivity contribution < 1.29 is 14.7 Å². The van der Waals surface area contributed by atoms with E-state index in [0.717, 1.165) is 0 Å². The number of carbonyl (C=O) groups is 2. The van der Waals surface area contributed by atoms with E-state index in [1.54, 1.807) is 7.05 Å². The first-order valence-electron chi connectivity index (χ1n) is 4.19. The molecule has 1 rings (SSSR count). The summed E-state index contributed by atoms with van der Waals surface area (Å²) in [7, 11) is 1.61. The number of nitrogens with zero attached hydrogens (tertiary/aromatic N) is 3. The quantitative estimate of drug-likeness (QED) is 0.771. The Morgan fingerprint density at radius 3 is 2.56 bits per heavy atom. The fourth-order valence-electron chi connectivity index (χ4n) is 0.970. The monoisotopic (exact) mass is 288 g/mol. The van der Waals surface area contributed by atoms with Gasteiger partial charge in [-0.3, -0.25) is 4.79 Å². The molecular formula is C8H9BrN4O3. The second-order valence-electron chi connectivity index (χ2n) is 2.93. The van der Waals surface area contributed by atoms with Gasteiger partial charge in [-0.25, -0.2) is 9.48 Å². The molecule has 86 valence electrons. The van der Waals surface area contributed by atoms with Gasteiger partial charge in [0, 0.05) is 14.0 Å². The summed E-state index contributed by atoms with van der Waals surface area (Å²) < 4.78 is 1.79. The molecule has 0 aliphatic rings. The third-order valence-electron chi connectivity index (χ3n) is 1.65. The number of hydrogen-bond acceptors (Lipinski definition) is 4. The number of hydrogen-bond donors (Lipinski definition) is 2. The normalized spacial score (nSPS) is 11.3. The number of aryl methyl sites for hydroxylation is 1. The molecule has 1 aromatic rings. The first kappa shape index (κ1) is 12.4. The fraction of sp³-hybridized carbons (Fsp3) is 0.250. The van der Waals surface area contributed by atoms with E-state index in [1.165, 1.54) is 17.7 Å². The predicted octanol–water partition coefficient (Wildman–Crippen LogP) is 0.139. The number of carbonyl (C=O) groups excluding carboxylic acids is 1. The molecule has 0 saturated carbocycles. The topological polar surface area (TPSA) is 97.1 Å². The molecule has 8 heteroatoms. The summed E-state index contributed by atoms with van der Waals surface area (Å²) in [4.78, 5) is 21.6. The number of rotatable bonds is 3. The summed E-state index contributed by atoms with van der Waals surface area (Å²) in [6, 6.07) is 0. The lowest BCUT2D eigenvalue weighted by Gasteiger charge is -2.02. The highest BCUT2D eigenvalue weighted by Crippen LogP contribution is 2.14. The summed E-state index contributed by atoms with van der Waals surface area (Å²) >= 11 is 3.12. The maximum atomic E-state index is 10.8. The molecule has 7 nitrogen and oxygen atoms in total. The molecule has 0 saturated heterocycles. The number of carboxylic acids is 1. The largest absolute Gasteiger partial charge is 0.477 e. The van der Waals surface area contributed by atoms with Crippen LogP contribution in [0.2, 0.25) is 0 Å². The Kier molecular flexibility index (Phi) is 3.78. The van der Waals surface area contributed by atoms with Crippen molar-refractivity contribution in [1.29, 1.82) is 0 Å². The fourth-order valence-corrected chi connectivity index (χ4v) is 1.41. The first-order chi connectivity index (χ1) is 7.41. The van der Waals surface area contributed by atoms with Crippen LogP contribution in [0.1, 0.15) is 12.6 Å². The Morgan fingerprint density at radius 1 is 1.56 bits per heavy atom. The van der Waals surface area contributed by atoms with Gasteiger partial charge >= 0.3 is 5.97 Å². The Balaban J connectivity index is 3.12. The Hall–Kier alpha value is -1.70. The SMILES string of the molecule is CC(=O)NC(=Cc1c(Br)nnn1C)C(=O)O. The van der Waals surface area contributed by atoms with E-state index < -0.39 is 11.9 Å². The Morgan fingerprint density at radius 2 is 2.19 bits per heavy atom. The van der Waals surface area contributed by atoms with E-state index in [9.17, 15) is 9.59 Å². The van der Waals surface area contributed by atoms with Gasteiger partial charge in [-0.15, -0.1) is 5.10 Å². The molecule has 0 aromatic carbocycles. The lowest BCUT2D eigenvalue weighted by Crippen LogP contribution is -2.24. The van der Waals surface area contributed by atoms with Crippen LogP contribution in [0.15, 0.2) is 10.3 Å². The first-order valence-corrected chi connectivity index (χ1v) is 4.99. The Bertz CT molecular complexity index is 446. The van der Waals surface area contributed by atoms with Crippen LogP contribution in [0.4, 0.5) is 0 Å². The van der Waals surface area contributed by atoms with Gasteiger partial charge in [0.05, 0.1) is 5.69 Å². The van der Waals surface area contributed by atoms with Crippen LogP contribution in [0.25, 0.3) is 6.08 Å². The summed E-state index contributed by atoms with van der Waals surface area (Å²) in [6.07, 6.45) is 1.27. The summed E-state index contributed by atoms with van der Waals surface area (Å²) in [5.74, 6) is -1.69. The number of amides is 1. The van der Waals surface area contributed by atoms with Crippen LogP contribution in [-0.4, -0.2) is 32.0 Å². The maximum Gasteiger partial charge on any atom is 0.352 e. The smallest absolute Gasteiger partial charge is 0.352 e. The van der Waals surface area contributed by atoms with Gasteiger partial charge in [0.15, 0.2) is 4.60 Å². The standard InChI is InChI=1S/C8H9BrN4O3/c1-4(14)10-5(8(15)16)3-6-7(9)11-12-13(6)2/h3H,1-2H3,(H,10,14)(H,15,16). The summed E-state index contributed by atoms with van der Waals surface area (Å²) in [5, 5.41) is 18.4. The number of carboxylic acid groups (broad SMARTS) is 1.